The van der Waals surface area contributed by atoms with Crippen LogP contribution in [0.25, 0.3) is 0 Å². The normalized spacial score (nSPS) is 16.6. The van der Waals surface area contributed by atoms with Gasteiger partial charge in [0, 0.05) is 55.0 Å². The summed E-state index contributed by atoms with van der Waals surface area (Å²) in [5.74, 6) is 1.25. The van der Waals surface area contributed by atoms with E-state index in [1.807, 2.05) is 86.6 Å². The van der Waals surface area contributed by atoms with Gasteiger partial charge in [-0.05, 0) is 116 Å². The van der Waals surface area contributed by atoms with Crippen molar-refractivity contribution in [1.82, 2.24) is 4.98 Å². The number of anilines is 1. The van der Waals surface area contributed by atoms with E-state index in [0.29, 0.717) is 83.3 Å². The number of rotatable bonds is 21. The number of primary amides is 1. The van der Waals surface area contributed by atoms with Crippen molar-refractivity contribution in [2.75, 3.05) is 32.2 Å². The highest BCUT2D eigenvalue weighted by Crippen LogP contribution is 2.57. The predicted molar refractivity (Wildman–Crippen MR) is 271 cm³/mol. The summed E-state index contributed by atoms with van der Waals surface area (Å²) < 4.78 is 24.4. The molecule has 1 aromatic heterocycles. The highest BCUT2D eigenvalue weighted by molar-refractivity contribution is 6.33. The van der Waals surface area contributed by atoms with Crippen molar-refractivity contribution >= 4 is 35.1 Å². The summed E-state index contributed by atoms with van der Waals surface area (Å²) in [6.07, 6.45) is 8.88. The van der Waals surface area contributed by atoms with Crippen molar-refractivity contribution in [3.63, 3.8) is 0 Å². The molecule has 68 heavy (non-hydrogen) atoms. The zero-order valence-electron chi connectivity index (χ0n) is 41.2. The van der Waals surface area contributed by atoms with Crippen LogP contribution in [0.2, 0.25) is 5.02 Å². The maximum atomic E-state index is 13.1. The number of unbranched alkanes of at least 4 members (excludes halogenated alkanes) is 3. The lowest BCUT2D eigenvalue weighted by atomic mass is 9.78. The van der Waals surface area contributed by atoms with Crippen LogP contribution in [0.4, 0.5) is 5.69 Å². The summed E-state index contributed by atoms with van der Waals surface area (Å²) in [4.78, 5) is 44.6. The van der Waals surface area contributed by atoms with Crippen LogP contribution >= 0.6 is 11.6 Å². The number of carbonyl (C=O) groups excluding carboxylic acids is 3. The van der Waals surface area contributed by atoms with Gasteiger partial charge in [0.1, 0.15) is 17.2 Å². The molecule has 4 aromatic carbocycles. The fraction of sp³-hybridized carbons (Fsp3) is 0.439. The number of amides is 1. The highest BCUT2D eigenvalue weighted by atomic mass is 35.5. The van der Waals surface area contributed by atoms with Gasteiger partial charge in [-0.2, -0.15) is 0 Å². The molecule has 1 spiro atoms. The Balaban J connectivity index is 0.000000467. The van der Waals surface area contributed by atoms with E-state index >= 15 is 0 Å². The molecule has 10 nitrogen and oxygen atoms in total. The monoisotopic (exact) mass is 943 g/mol. The molecule has 0 saturated carbocycles. The minimum atomic E-state index is -1.28. The Bertz CT molecular complexity index is 2450. The quantitative estimate of drug-likeness (QED) is 0.0564. The van der Waals surface area contributed by atoms with Gasteiger partial charge < -0.3 is 29.6 Å². The number of fused-ring (bicyclic) bond motifs is 6. The smallest absolute Gasteiger partial charge is 0.358 e. The number of hydrogen-bond acceptors (Lipinski definition) is 9. The standard InChI is InChI=1S/C43H48ClN3O7.C14H22/c1-5-28(23-30(40(45)48)22-27(2)29-14-9-8-10-15-29)41(49)52-21-12-7-6-11-20-51-31-17-18-32-37(24-31)53-38-26-36(47(3)4)35(44)25-34(38)43(32)33-16-13-19-46-39(33)42(50)54-43;1-5-11(3)13-7-9-14(10-8-13)12(4)6-2/h8-10,13-19,24-28,30H,5-7,11-12,20-23H2,1-4H3,(H2,45,48);7-12H,5-6H2,1-4H3. The van der Waals surface area contributed by atoms with Gasteiger partial charge in [-0.1, -0.05) is 114 Å². The molecule has 5 aromatic rings. The van der Waals surface area contributed by atoms with Crippen LogP contribution in [0.5, 0.6) is 17.2 Å². The second-order valence-corrected chi connectivity index (χ2v) is 19.0. The van der Waals surface area contributed by atoms with Gasteiger partial charge in [0.05, 0.1) is 29.8 Å². The molecule has 1 amide bonds. The number of nitrogens with zero attached hydrogens (tertiary/aromatic N) is 2. The molecule has 11 heteroatoms. The summed E-state index contributed by atoms with van der Waals surface area (Å²) in [5, 5.41) is 0.500. The molecule has 0 bridgehead atoms. The van der Waals surface area contributed by atoms with E-state index in [2.05, 4.69) is 63.9 Å². The van der Waals surface area contributed by atoms with Crippen LogP contribution in [0.15, 0.2) is 103 Å². The van der Waals surface area contributed by atoms with Crippen LogP contribution in [-0.4, -0.2) is 50.1 Å². The molecule has 0 fully saturated rings. The summed E-state index contributed by atoms with van der Waals surface area (Å²) in [6, 6.07) is 32.0. The molecule has 7 rings (SSSR count). The number of pyridine rings is 1. The third kappa shape index (κ3) is 12.0. The third-order valence-electron chi connectivity index (χ3n) is 13.7. The van der Waals surface area contributed by atoms with Crippen LogP contribution in [0.3, 0.4) is 0 Å². The van der Waals surface area contributed by atoms with Crippen molar-refractivity contribution in [3.8, 4) is 17.2 Å². The Hall–Kier alpha value is -5.87. The van der Waals surface area contributed by atoms with E-state index < -0.39 is 17.5 Å². The van der Waals surface area contributed by atoms with Crippen molar-refractivity contribution in [2.45, 2.75) is 123 Å². The van der Waals surface area contributed by atoms with Crippen LogP contribution in [-0.2, 0) is 24.7 Å². The van der Waals surface area contributed by atoms with Gasteiger partial charge >= 0.3 is 11.9 Å². The third-order valence-corrected chi connectivity index (χ3v) is 14.0. The average Bonchev–Trinajstić information content (AvgIpc) is 3.65. The number of esters is 2. The summed E-state index contributed by atoms with van der Waals surface area (Å²) in [5.41, 5.74) is 11.5. The molecule has 2 aliphatic rings. The van der Waals surface area contributed by atoms with Crippen molar-refractivity contribution in [2.24, 2.45) is 17.6 Å². The van der Waals surface area contributed by atoms with Gasteiger partial charge in [-0.15, -0.1) is 0 Å². The maximum Gasteiger partial charge on any atom is 0.358 e. The molecule has 0 aliphatic carbocycles. The van der Waals surface area contributed by atoms with Gasteiger partial charge in [0.2, 0.25) is 5.91 Å². The van der Waals surface area contributed by atoms with Crippen molar-refractivity contribution in [1.29, 1.82) is 0 Å². The van der Waals surface area contributed by atoms with Gasteiger partial charge in [0.25, 0.3) is 0 Å². The molecule has 2 N–H and O–H groups in total. The Morgan fingerprint density at radius 3 is 1.96 bits per heavy atom. The second-order valence-electron chi connectivity index (χ2n) is 18.6. The van der Waals surface area contributed by atoms with Crippen LogP contribution in [0, 0.1) is 11.8 Å². The highest BCUT2D eigenvalue weighted by Gasteiger charge is 2.54. The summed E-state index contributed by atoms with van der Waals surface area (Å²) in [6.45, 7) is 13.9. The molecule has 0 radical (unpaired) electrons. The minimum Gasteiger partial charge on any atom is -0.493 e. The van der Waals surface area contributed by atoms with E-state index in [9.17, 15) is 14.4 Å². The molecular formula is C57H70ClN3O7. The maximum absolute atomic E-state index is 13.1. The van der Waals surface area contributed by atoms with Crippen LogP contribution in [0.1, 0.15) is 161 Å². The molecule has 2 aliphatic heterocycles. The number of hydrogen-bond donors (Lipinski definition) is 1. The largest absolute Gasteiger partial charge is 0.493 e. The van der Waals surface area contributed by atoms with Gasteiger partial charge in [-0.3, -0.25) is 9.59 Å². The Labute approximate surface area is 408 Å². The lowest BCUT2D eigenvalue weighted by molar-refractivity contribution is -0.149. The molecule has 362 valence electrons. The first-order valence-electron chi connectivity index (χ1n) is 24.5. The molecule has 6 atom stereocenters. The number of carbonyl (C=O) groups is 3. The fourth-order valence-corrected chi connectivity index (χ4v) is 9.41. The molecule has 3 heterocycles. The average molecular weight is 945 g/mol. The number of aromatic nitrogens is 1. The van der Waals surface area contributed by atoms with E-state index in [4.69, 9.17) is 36.3 Å². The van der Waals surface area contributed by atoms with Crippen molar-refractivity contribution < 1.29 is 33.3 Å². The van der Waals surface area contributed by atoms with Crippen LogP contribution < -0.4 is 20.1 Å². The second kappa shape index (κ2) is 23.9. The van der Waals surface area contributed by atoms with E-state index in [1.165, 1.54) is 24.0 Å². The lowest BCUT2D eigenvalue weighted by Crippen LogP contribution is -2.33. The van der Waals surface area contributed by atoms with Gasteiger partial charge in [0.15, 0.2) is 11.3 Å². The number of ether oxygens (including phenoxy) is 4. The zero-order valence-corrected chi connectivity index (χ0v) is 41.9. The van der Waals surface area contributed by atoms with Gasteiger partial charge in [-0.25, -0.2) is 9.78 Å². The first kappa shape index (κ1) is 51.5. The van der Waals surface area contributed by atoms with E-state index in [1.54, 1.807) is 18.3 Å². The Morgan fingerprint density at radius 2 is 1.34 bits per heavy atom. The minimum absolute atomic E-state index is 0.150. The van der Waals surface area contributed by atoms with Crippen molar-refractivity contribution in [3.05, 3.63) is 147 Å². The number of halogens is 1. The predicted octanol–water partition coefficient (Wildman–Crippen LogP) is 13.3. The molecular weight excluding hydrogens is 874 g/mol. The summed E-state index contributed by atoms with van der Waals surface area (Å²) >= 11 is 6.72. The molecule has 6 unspecified atom stereocenters. The molecule has 0 saturated heterocycles. The fourth-order valence-electron chi connectivity index (χ4n) is 9.08. The summed E-state index contributed by atoms with van der Waals surface area (Å²) in [7, 11) is 3.79. The topological polar surface area (TPSA) is 130 Å². The lowest BCUT2D eigenvalue weighted by Gasteiger charge is -2.37. The van der Waals surface area contributed by atoms with E-state index in [0.717, 1.165) is 36.9 Å². The Kier molecular flexibility index (Phi) is 18.1. The number of benzene rings is 4. The zero-order chi connectivity index (χ0) is 49.0. The Morgan fingerprint density at radius 1 is 0.706 bits per heavy atom. The SMILES string of the molecule is CCC(C)c1ccc(C(C)CC)cc1.CCC(CC(CC(C)c1ccccc1)C(N)=O)C(=O)OCCCCCCOc1ccc2c(c1)Oc1cc(N(C)C)c(Cl)cc1C21OC(=O)c2ncccc21. The first-order chi connectivity index (χ1) is 32.7. The number of nitrogens with two attached hydrogens (primary N) is 1. The first-order valence-corrected chi connectivity index (χ1v) is 24.9. The van der Waals surface area contributed by atoms with E-state index in [-0.39, 0.29) is 29.4 Å².